The van der Waals surface area contributed by atoms with Crippen LogP contribution in [-0.4, -0.2) is 64.3 Å². The van der Waals surface area contributed by atoms with Crippen LogP contribution in [0.3, 0.4) is 0 Å². The molecule has 10 heteroatoms. The van der Waals surface area contributed by atoms with Crippen LogP contribution in [-0.2, 0) is 16.1 Å². The van der Waals surface area contributed by atoms with Gasteiger partial charge in [0.2, 0.25) is 0 Å². The summed E-state index contributed by atoms with van der Waals surface area (Å²) in [5, 5.41) is 12.5. The number of hydrogen-bond donors (Lipinski definition) is 2. The second-order valence-corrected chi connectivity index (χ2v) is 8.54. The lowest BCUT2D eigenvalue weighted by Crippen LogP contribution is -2.31. The highest BCUT2D eigenvalue weighted by atomic mass is 32.2. The number of rotatable bonds is 12. The minimum atomic E-state index is -0.187. The molecule has 0 radical (unpaired) electrons. The third-order valence-electron chi connectivity index (χ3n) is 4.17. The first-order valence-electron chi connectivity index (χ1n) is 10.1. The molecule has 2 N–H and O–H groups in total. The van der Waals surface area contributed by atoms with Crippen LogP contribution in [0.5, 0.6) is 5.75 Å². The lowest BCUT2D eigenvalue weighted by Gasteiger charge is -2.11. The van der Waals surface area contributed by atoms with E-state index in [2.05, 4.69) is 39.5 Å². The van der Waals surface area contributed by atoms with Crippen molar-refractivity contribution in [3.05, 3.63) is 36.5 Å². The van der Waals surface area contributed by atoms with Crippen LogP contribution in [0.1, 0.15) is 13.8 Å². The number of para-hydroxylation sites is 1. The number of carbonyl (C=O) groups is 1. The summed E-state index contributed by atoms with van der Waals surface area (Å²) < 4.78 is 12.4. The standard InChI is InChI=1S/C21H28N6O3S/c1-15(2)31-21-25-19(23-10-12-29-3)17-13-24-27(20(17)26-21)11-9-22-18(28)14-30-16-7-5-4-6-8-16/h4-8,13,15H,9-12,14H2,1-3H3,(H,22,28)(H,23,25,26). The molecule has 9 nitrogen and oxygen atoms in total. The zero-order chi connectivity index (χ0) is 22.1. The molecule has 1 amide bonds. The molecule has 0 aliphatic rings. The SMILES string of the molecule is COCCNc1nc(SC(C)C)nc2c1cnn2CCNC(=O)COc1ccccc1. The van der Waals surface area contributed by atoms with Gasteiger partial charge >= 0.3 is 0 Å². The van der Waals surface area contributed by atoms with Gasteiger partial charge in [0.1, 0.15) is 11.6 Å². The molecule has 1 aromatic carbocycles. The van der Waals surface area contributed by atoms with Crippen LogP contribution in [0.25, 0.3) is 11.0 Å². The monoisotopic (exact) mass is 444 g/mol. The van der Waals surface area contributed by atoms with Crippen LogP contribution in [0, 0.1) is 0 Å². The summed E-state index contributed by atoms with van der Waals surface area (Å²) >= 11 is 1.59. The van der Waals surface area contributed by atoms with Crippen molar-refractivity contribution in [1.82, 2.24) is 25.1 Å². The molecule has 166 valence electrons. The van der Waals surface area contributed by atoms with Gasteiger partial charge < -0.3 is 20.1 Å². The summed E-state index contributed by atoms with van der Waals surface area (Å²) in [6.45, 7) is 6.27. The quantitative estimate of drug-likeness (QED) is 0.250. The smallest absolute Gasteiger partial charge is 0.258 e. The summed E-state index contributed by atoms with van der Waals surface area (Å²) in [5.74, 6) is 1.21. The van der Waals surface area contributed by atoms with E-state index < -0.39 is 0 Å². The van der Waals surface area contributed by atoms with Crippen molar-refractivity contribution in [3.63, 3.8) is 0 Å². The largest absolute Gasteiger partial charge is 0.484 e. The van der Waals surface area contributed by atoms with Crippen LogP contribution >= 0.6 is 11.8 Å². The van der Waals surface area contributed by atoms with E-state index in [-0.39, 0.29) is 12.5 Å². The Morgan fingerprint density at radius 2 is 2.00 bits per heavy atom. The highest BCUT2D eigenvalue weighted by molar-refractivity contribution is 7.99. The summed E-state index contributed by atoms with van der Waals surface area (Å²) in [5.41, 5.74) is 0.729. The van der Waals surface area contributed by atoms with Crippen molar-refractivity contribution in [2.75, 3.05) is 38.7 Å². The zero-order valence-corrected chi connectivity index (χ0v) is 18.8. The third-order valence-corrected chi connectivity index (χ3v) is 5.04. The summed E-state index contributed by atoms with van der Waals surface area (Å²) in [4.78, 5) is 21.4. The molecule has 0 saturated heterocycles. The molecule has 0 atom stereocenters. The van der Waals surface area contributed by atoms with Crippen LogP contribution in [0.4, 0.5) is 5.82 Å². The highest BCUT2D eigenvalue weighted by Gasteiger charge is 2.14. The normalized spacial score (nSPS) is 11.1. The molecule has 2 heterocycles. The first kappa shape index (κ1) is 22.8. The predicted molar refractivity (Wildman–Crippen MR) is 122 cm³/mol. The number of thioether (sulfide) groups is 1. The Morgan fingerprint density at radius 3 is 2.74 bits per heavy atom. The Balaban J connectivity index is 1.63. The Morgan fingerprint density at radius 1 is 1.19 bits per heavy atom. The molecule has 31 heavy (non-hydrogen) atoms. The van der Waals surface area contributed by atoms with Gasteiger partial charge in [0.15, 0.2) is 17.4 Å². The van der Waals surface area contributed by atoms with Gasteiger partial charge in [0.25, 0.3) is 5.91 Å². The fourth-order valence-corrected chi connectivity index (χ4v) is 3.49. The molecule has 0 aliphatic carbocycles. The van der Waals surface area contributed by atoms with E-state index in [9.17, 15) is 4.79 Å². The molecule has 3 aromatic rings. The maximum atomic E-state index is 12.1. The third kappa shape index (κ3) is 6.83. The van der Waals surface area contributed by atoms with Gasteiger partial charge in [-0.3, -0.25) is 4.79 Å². The summed E-state index contributed by atoms with van der Waals surface area (Å²) in [6.07, 6.45) is 1.74. The van der Waals surface area contributed by atoms with E-state index in [4.69, 9.17) is 9.47 Å². The lowest BCUT2D eigenvalue weighted by atomic mass is 10.3. The Labute approximate surface area is 185 Å². The number of anilines is 1. The van der Waals surface area contributed by atoms with Crippen LogP contribution in [0.2, 0.25) is 0 Å². The molecule has 0 aliphatic heterocycles. The molecule has 0 spiro atoms. The number of nitrogens with zero attached hydrogens (tertiary/aromatic N) is 4. The predicted octanol–water partition coefficient (Wildman–Crippen LogP) is 2.58. The first-order chi connectivity index (χ1) is 15.1. The van der Waals surface area contributed by atoms with Crippen molar-refractivity contribution in [2.45, 2.75) is 30.8 Å². The number of nitrogens with one attached hydrogen (secondary N) is 2. The van der Waals surface area contributed by atoms with Gasteiger partial charge in [-0.15, -0.1) is 0 Å². The van der Waals surface area contributed by atoms with Crippen LogP contribution < -0.4 is 15.4 Å². The van der Waals surface area contributed by atoms with E-state index in [1.807, 2.05) is 30.3 Å². The number of carbonyl (C=O) groups excluding carboxylic acids is 1. The molecular weight excluding hydrogens is 416 g/mol. The zero-order valence-electron chi connectivity index (χ0n) is 18.0. The van der Waals surface area contributed by atoms with Crippen molar-refractivity contribution < 1.29 is 14.3 Å². The second kappa shape index (κ2) is 11.5. The number of fused-ring (bicyclic) bond motifs is 1. The van der Waals surface area contributed by atoms with Gasteiger partial charge in [0.05, 0.1) is 24.7 Å². The van der Waals surface area contributed by atoms with Gasteiger partial charge in [0, 0.05) is 25.4 Å². The minimum absolute atomic E-state index is 0.0330. The fourth-order valence-electron chi connectivity index (χ4n) is 2.79. The van der Waals surface area contributed by atoms with Crippen molar-refractivity contribution in [1.29, 1.82) is 0 Å². The Hall–Kier alpha value is -2.85. The van der Waals surface area contributed by atoms with E-state index in [1.54, 1.807) is 29.8 Å². The van der Waals surface area contributed by atoms with Gasteiger partial charge in [-0.25, -0.2) is 14.6 Å². The number of aromatic nitrogens is 4. The van der Waals surface area contributed by atoms with Crippen molar-refractivity contribution in [2.24, 2.45) is 0 Å². The number of benzene rings is 1. The second-order valence-electron chi connectivity index (χ2n) is 7.00. The number of hydrogen-bond acceptors (Lipinski definition) is 8. The molecule has 0 unspecified atom stereocenters. The molecular formula is C21H28N6O3S. The lowest BCUT2D eigenvalue weighted by molar-refractivity contribution is -0.123. The van der Waals surface area contributed by atoms with Gasteiger partial charge in [-0.2, -0.15) is 5.10 Å². The average molecular weight is 445 g/mol. The number of amides is 1. The Kier molecular flexibility index (Phi) is 8.48. The Bertz CT molecular complexity index is 980. The van der Waals surface area contributed by atoms with Crippen LogP contribution in [0.15, 0.2) is 41.7 Å². The molecule has 3 rings (SSSR count). The topological polar surface area (TPSA) is 103 Å². The number of ether oxygens (including phenoxy) is 2. The maximum Gasteiger partial charge on any atom is 0.258 e. The van der Waals surface area contributed by atoms with E-state index in [1.165, 1.54) is 0 Å². The first-order valence-corrected chi connectivity index (χ1v) is 11.0. The van der Waals surface area contributed by atoms with E-state index >= 15 is 0 Å². The van der Waals surface area contributed by atoms with Gasteiger partial charge in [-0.1, -0.05) is 43.8 Å². The molecule has 0 fully saturated rings. The molecule has 0 bridgehead atoms. The maximum absolute atomic E-state index is 12.1. The minimum Gasteiger partial charge on any atom is -0.484 e. The van der Waals surface area contributed by atoms with E-state index in [0.29, 0.717) is 42.4 Å². The molecule has 2 aromatic heterocycles. The average Bonchev–Trinajstić information content (AvgIpc) is 3.16. The number of methoxy groups -OCH3 is 1. The summed E-state index contributed by atoms with van der Waals surface area (Å²) in [6, 6.07) is 9.25. The molecule has 0 saturated carbocycles. The van der Waals surface area contributed by atoms with Gasteiger partial charge in [-0.05, 0) is 12.1 Å². The van der Waals surface area contributed by atoms with E-state index in [0.717, 1.165) is 16.9 Å². The highest BCUT2D eigenvalue weighted by Crippen LogP contribution is 2.26. The van der Waals surface area contributed by atoms with Crippen molar-refractivity contribution >= 4 is 34.5 Å². The van der Waals surface area contributed by atoms with Crippen molar-refractivity contribution in [3.8, 4) is 5.75 Å². The fraction of sp³-hybridized carbons (Fsp3) is 0.429. The summed E-state index contributed by atoms with van der Waals surface area (Å²) in [7, 11) is 1.66.